The molecule has 0 radical (unpaired) electrons. The molecule has 1 aliphatic carbocycles. The predicted octanol–water partition coefficient (Wildman–Crippen LogP) is 4.60. The molecule has 0 spiro atoms. The van der Waals surface area contributed by atoms with Gasteiger partial charge in [0.15, 0.2) is 0 Å². The molecule has 5 N–H and O–H groups in total. The van der Waals surface area contributed by atoms with Gasteiger partial charge >= 0.3 is 6.18 Å². The summed E-state index contributed by atoms with van der Waals surface area (Å²) in [4.78, 5) is 98.3. The first-order valence-corrected chi connectivity index (χ1v) is 23.6. The highest BCUT2D eigenvalue weighted by atomic mass is 19.4. The lowest BCUT2D eigenvalue weighted by atomic mass is 10.1. The second-order valence-corrected chi connectivity index (χ2v) is 17.8. The molecule has 2 atom stereocenters. The number of alkyl halides is 3. The molecule has 72 heavy (non-hydrogen) atoms. The normalized spacial score (nSPS) is 17.9. The fraction of sp³-hybridized carbons (Fsp3) is 0.380. The van der Waals surface area contributed by atoms with E-state index in [1.165, 1.54) is 31.2 Å². The van der Waals surface area contributed by atoms with Gasteiger partial charge < -0.3 is 41.1 Å². The summed E-state index contributed by atoms with van der Waals surface area (Å²) in [5, 5.41) is 8.11. The van der Waals surface area contributed by atoms with Crippen molar-refractivity contribution in [3.05, 3.63) is 101 Å². The molecule has 2 aliphatic heterocycles. The number of ether oxygens (including phenoxy) is 1. The van der Waals surface area contributed by atoms with Crippen LogP contribution in [-0.2, 0) is 25.4 Å². The molecule has 1 saturated carbocycles. The van der Waals surface area contributed by atoms with Crippen LogP contribution in [0.15, 0.2) is 73.1 Å². The van der Waals surface area contributed by atoms with Crippen LogP contribution in [0.1, 0.15) is 82.2 Å². The molecular formula is C50H55F3N12O7. The second-order valence-electron chi connectivity index (χ2n) is 17.8. The Kier molecular flexibility index (Phi) is 15.5. The monoisotopic (exact) mass is 992 g/mol. The van der Waals surface area contributed by atoms with E-state index in [2.05, 4.69) is 30.8 Å². The van der Waals surface area contributed by atoms with E-state index in [1.54, 1.807) is 46.3 Å². The average molecular weight is 993 g/mol. The minimum absolute atomic E-state index is 0.0691. The van der Waals surface area contributed by atoms with E-state index in [0.29, 0.717) is 104 Å². The molecule has 1 unspecified atom stereocenters. The zero-order chi connectivity index (χ0) is 51.1. The molecule has 378 valence electrons. The number of hydrogen-bond donors (Lipinski definition) is 4. The third-order valence-corrected chi connectivity index (χ3v) is 13.2. The Balaban J connectivity index is 0.919. The van der Waals surface area contributed by atoms with Crippen LogP contribution in [0.3, 0.4) is 0 Å². The molecule has 1 saturated heterocycles. The average Bonchev–Trinajstić information content (AvgIpc) is 4.02. The van der Waals surface area contributed by atoms with E-state index in [1.807, 2.05) is 16.6 Å². The summed E-state index contributed by atoms with van der Waals surface area (Å²) in [6, 6.07) is 12.7. The Hall–Kier alpha value is -7.88. The number of carbonyl (C=O) groups excluding carboxylic acids is 6. The van der Waals surface area contributed by atoms with Crippen LogP contribution in [0.4, 0.5) is 30.5 Å². The Morgan fingerprint density at radius 1 is 0.958 bits per heavy atom. The maximum absolute atomic E-state index is 13.9. The van der Waals surface area contributed by atoms with Gasteiger partial charge in [0.25, 0.3) is 11.8 Å². The number of fused-ring (bicyclic) bond motifs is 3. The SMILES string of the molecule is CNC(=O)CCN(C=O)c1cc(C(=O)N2CCN(CCC(=O)N3CC/C=C/c4cnc(N)c5c(-c6ccc(C(=O)Nc7cc(C(F)(F)F)ccn7)cc6)nc(n45)[C@@H]4CCC(C4)NC(=O)C3)CC2)ccc1OC. The zero-order valence-electron chi connectivity index (χ0n) is 39.8. The number of imidazole rings is 1. The van der Waals surface area contributed by atoms with Crippen LogP contribution in [0.5, 0.6) is 5.75 Å². The predicted molar refractivity (Wildman–Crippen MR) is 261 cm³/mol. The Labute approximate surface area is 412 Å². The zero-order valence-corrected chi connectivity index (χ0v) is 39.8. The number of hydrogen-bond acceptors (Lipinski definition) is 12. The van der Waals surface area contributed by atoms with Gasteiger partial charge in [0, 0.05) is 101 Å². The van der Waals surface area contributed by atoms with E-state index >= 15 is 0 Å². The first-order chi connectivity index (χ1) is 34.6. The number of nitrogens with zero attached hydrogens (tertiary/aromatic N) is 8. The largest absolute Gasteiger partial charge is 0.495 e. The lowest BCUT2D eigenvalue weighted by Crippen LogP contribution is -2.50. The summed E-state index contributed by atoms with van der Waals surface area (Å²) in [6.07, 6.45) is 5.05. The number of pyridine rings is 1. The van der Waals surface area contributed by atoms with E-state index < -0.39 is 17.6 Å². The van der Waals surface area contributed by atoms with Crippen molar-refractivity contribution >= 4 is 64.9 Å². The van der Waals surface area contributed by atoms with Crippen molar-refractivity contribution in [2.24, 2.45) is 0 Å². The number of carbonyl (C=O) groups is 6. The van der Waals surface area contributed by atoms with Crippen molar-refractivity contribution in [3.8, 4) is 17.0 Å². The van der Waals surface area contributed by atoms with Gasteiger partial charge in [0.1, 0.15) is 34.4 Å². The van der Waals surface area contributed by atoms with Crippen molar-refractivity contribution < 1.29 is 46.7 Å². The van der Waals surface area contributed by atoms with Crippen molar-refractivity contribution in [3.63, 3.8) is 0 Å². The molecule has 5 heterocycles. The van der Waals surface area contributed by atoms with E-state index in [9.17, 15) is 41.9 Å². The molecule has 2 bridgehead atoms. The van der Waals surface area contributed by atoms with Gasteiger partial charge in [-0.15, -0.1) is 0 Å². The Morgan fingerprint density at radius 2 is 1.72 bits per heavy atom. The van der Waals surface area contributed by atoms with Gasteiger partial charge in [-0.3, -0.25) is 38.1 Å². The number of benzene rings is 2. The summed E-state index contributed by atoms with van der Waals surface area (Å²) < 4.78 is 47.2. The molecule has 5 aromatic rings. The van der Waals surface area contributed by atoms with Crippen LogP contribution in [0.25, 0.3) is 22.9 Å². The number of aromatic nitrogens is 4. The molecule has 19 nitrogen and oxygen atoms in total. The van der Waals surface area contributed by atoms with Gasteiger partial charge in [0.2, 0.25) is 24.1 Å². The molecular weight excluding hydrogens is 938 g/mol. The minimum atomic E-state index is -4.60. The first-order valence-electron chi connectivity index (χ1n) is 23.6. The van der Waals surface area contributed by atoms with Crippen LogP contribution >= 0.6 is 0 Å². The minimum Gasteiger partial charge on any atom is -0.495 e. The number of piperazine rings is 1. The Bertz CT molecular complexity index is 2880. The number of nitrogens with one attached hydrogen (secondary N) is 3. The summed E-state index contributed by atoms with van der Waals surface area (Å²) >= 11 is 0. The number of nitrogen functional groups attached to an aromatic ring is 1. The van der Waals surface area contributed by atoms with Crippen LogP contribution in [0, 0.1) is 0 Å². The fourth-order valence-corrected chi connectivity index (χ4v) is 9.34. The molecule has 3 aromatic heterocycles. The topological polar surface area (TPSA) is 230 Å². The lowest BCUT2D eigenvalue weighted by molar-refractivity contribution is -0.137. The van der Waals surface area contributed by atoms with Crippen molar-refractivity contribution in [1.82, 2.24) is 44.7 Å². The van der Waals surface area contributed by atoms with E-state index in [0.717, 1.165) is 24.2 Å². The maximum Gasteiger partial charge on any atom is 0.416 e. The Morgan fingerprint density at radius 3 is 2.44 bits per heavy atom. The number of nitrogens with two attached hydrogens (primary N) is 1. The third kappa shape index (κ3) is 11.5. The van der Waals surface area contributed by atoms with Gasteiger partial charge in [-0.2, -0.15) is 13.2 Å². The number of methoxy groups -OCH3 is 1. The number of anilines is 3. The van der Waals surface area contributed by atoms with Crippen molar-refractivity contribution in [2.75, 3.05) is 82.5 Å². The summed E-state index contributed by atoms with van der Waals surface area (Å²) in [5.41, 5.74) is 8.94. The quantitative estimate of drug-likeness (QED) is 0.119. The number of halogens is 3. The molecule has 22 heteroatoms. The molecule has 8 rings (SSSR count). The van der Waals surface area contributed by atoms with Crippen LogP contribution < -0.4 is 31.3 Å². The summed E-state index contributed by atoms with van der Waals surface area (Å²) in [7, 11) is 2.97. The lowest BCUT2D eigenvalue weighted by Gasteiger charge is -2.35. The first kappa shape index (κ1) is 50.5. The smallest absolute Gasteiger partial charge is 0.416 e. The second kappa shape index (κ2) is 22.0. The summed E-state index contributed by atoms with van der Waals surface area (Å²) in [6.45, 7) is 2.56. The molecule has 3 aliphatic rings. The molecule has 6 amide bonds. The fourth-order valence-electron chi connectivity index (χ4n) is 9.34. The van der Waals surface area contributed by atoms with Gasteiger partial charge in [-0.05, 0) is 74.2 Å². The number of amides is 6. The van der Waals surface area contributed by atoms with Crippen molar-refractivity contribution in [1.29, 1.82) is 0 Å². The highest BCUT2D eigenvalue weighted by Crippen LogP contribution is 2.39. The van der Waals surface area contributed by atoms with Crippen LogP contribution in [-0.4, -0.2) is 143 Å². The number of rotatable bonds is 13. The maximum atomic E-state index is 13.9. The molecule has 2 fully saturated rings. The highest BCUT2D eigenvalue weighted by molar-refractivity contribution is 6.04. The van der Waals surface area contributed by atoms with Gasteiger partial charge in [-0.25, -0.2) is 15.0 Å². The van der Waals surface area contributed by atoms with Crippen molar-refractivity contribution in [2.45, 2.75) is 56.7 Å². The summed E-state index contributed by atoms with van der Waals surface area (Å²) in [5.74, 6) is -0.537. The third-order valence-electron chi connectivity index (χ3n) is 13.2. The van der Waals surface area contributed by atoms with Crippen LogP contribution in [0.2, 0.25) is 0 Å². The standard InChI is InChI=1S/C50H55F3N12O7/c1-55-41(67)15-20-64(30-66)38-26-34(11-13-39(38)72-2)49(71)62-23-21-61(22-24-62)19-16-43(69)63-18-4-3-5-37-28-57-46(54)45-44(60-47(65(37)45)33-10-12-36(25-33)58-42(68)29-63)31-6-8-32(9-7-31)48(70)59-40-27-35(14-17-56-40)50(51,52)53/h3,5-9,11,13-14,17,26-28,30,33,36H,4,10,12,15-16,18-25,29H2,1-2H3,(H2,54,57)(H,55,67)(H,58,68)(H,56,59,70)/b5-3+/t33-,36?/m1/s1. The molecule has 2 aromatic carbocycles. The van der Waals surface area contributed by atoms with Gasteiger partial charge in [0.05, 0.1) is 36.8 Å². The van der Waals surface area contributed by atoms with E-state index in [4.69, 9.17) is 15.5 Å². The highest BCUT2D eigenvalue weighted by Gasteiger charge is 2.34. The van der Waals surface area contributed by atoms with Gasteiger partial charge in [-0.1, -0.05) is 18.2 Å². The van der Waals surface area contributed by atoms with E-state index in [-0.39, 0.29) is 85.3 Å².